The molecule has 0 fully saturated rings. The summed E-state index contributed by atoms with van der Waals surface area (Å²) in [7, 11) is -3.14. The molecule has 0 bridgehead atoms. The predicted molar refractivity (Wildman–Crippen MR) is 107 cm³/mol. The third kappa shape index (κ3) is 11.6. The molecule has 0 aliphatic carbocycles. The fourth-order valence-corrected chi connectivity index (χ4v) is 2.40. The zero-order valence-corrected chi connectivity index (χ0v) is 17.2. The van der Waals surface area contributed by atoms with Gasteiger partial charge in [-0.15, -0.1) is 24.0 Å². The number of guanidine groups is 1. The van der Waals surface area contributed by atoms with E-state index in [0.29, 0.717) is 38.4 Å². The van der Waals surface area contributed by atoms with Crippen molar-refractivity contribution in [3.63, 3.8) is 0 Å². The standard InChI is InChI=1S/C15H25FN4O2S.HI/c1-3-17-15(18-9-5-10-20-23(2,21)22)19-11-8-13-6-4-7-14(16)12-13;/h4,6-7,12,20H,3,5,8-11H2,1-2H3,(H2,17,18,19);1H. The minimum absolute atomic E-state index is 0. The first kappa shape index (κ1) is 23.1. The molecule has 0 unspecified atom stereocenters. The molecule has 0 spiro atoms. The van der Waals surface area contributed by atoms with E-state index in [0.717, 1.165) is 18.4 Å². The van der Waals surface area contributed by atoms with Crippen molar-refractivity contribution in [2.75, 3.05) is 32.4 Å². The number of aliphatic imine (C=N–C) groups is 1. The molecule has 1 aromatic rings. The van der Waals surface area contributed by atoms with Gasteiger partial charge in [0, 0.05) is 26.2 Å². The maximum absolute atomic E-state index is 13.1. The van der Waals surface area contributed by atoms with E-state index in [2.05, 4.69) is 20.3 Å². The lowest BCUT2D eigenvalue weighted by molar-refractivity contribution is 0.585. The first-order valence-electron chi connectivity index (χ1n) is 7.62. The van der Waals surface area contributed by atoms with Crippen LogP contribution in [0.5, 0.6) is 0 Å². The molecule has 1 aromatic carbocycles. The Kier molecular flexibility index (Phi) is 11.9. The van der Waals surface area contributed by atoms with Gasteiger partial charge in [0.1, 0.15) is 5.82 Å². The normalized spacial score (nSPS) is 11.7. The van der Waals surface area contributed by atoms with E-state index in [4.69, 9.17) is 0 Å². The van der Waals surface area contributed by atoms with Crippen molar-refractivity contribution in [1.29, 1.82) is 0 Å². The van der Waals surface area contributed by atoms with Crippen molar-refractivity contribution >= 4 is 40.0 Å². The van der Waals surface area contributed by atoms with E-state index in [1.54, 1.807) is 6.07 Å². The topological polar surface area (TPSA) is 82.6 Å². The summed E-state index contributed by atoms with van der Waals surface area (Å²) in [5.74, 6) is 0.435. The monoisotopic (exact) mass is 472 g/mol. The van der Waals surface area contributed by atoms with Gasteiger partial charge in [-0.25, -0.2) is 17.5 Å². The van der Waals surface area contributed by atoms with Crippen molar-refractivity contribution in [1.82, 2.24) is 15.4 Å². The number of sulfonamides is 1. The molecule has 0 heterocycles. The summed E-state index contributed by atoms with van der Waals surface area (Å²) < 4.78 is 37.4. The smallest absolute Gasteiger partial charge is 0.208 e. The van der Waals surface area contributed by atoms with Crippen LogP contribution in [0.1, 0.15) is 18.9 Å². The molecule has 1 rings (SSSR count). The fourth-order valence-electron chi connectivity index (χ4n) is 1.89. The van der Waals surface area contributed by atoms with Gasteiger partial charge >= 0.3 is 0 Å². The number of hydrogen-bond donors (Lipinski definition) is 3. The van der Waals surface area contributed by atoms with Gasteiger partial charge in [-0.05, 0) is 37.5 Å². The largest absolute Gasteiger partial charge is 0.357 e. The molecule has 24 heavy (non-hydrogen) atoms. The molecule has 0 amide bonds. The van der Waals surface area contributed by atoms with E-state index in [-0.39, 0.29) is 29.8 Å². The number of halogens is 2. The Morgan fingerprint density at radius 2 is 2.00 bits per heavy atom. The lowest BCUT2D eigenvalue weighted by atomic mass is 10.1. The maximum atomic E-state index is 13.1. The second-order valence-corrected chi connectivity index (χ2v) is 6.92. The van der Waals surface area contributed by atoms with Crippen LogP contribution in [-0.4, -0.2) is 46.8 Å². The Bertz CT molecular complexity index is 611. The summed E-state index contributed by atoms with van der Waals surface area (Å²) in [6.45, 7) is 4.21. The van der Waals surface area contributed by atoms with Crippen LogP contribution in [0, 0.1) is 5.82 Å². The van der Waals surface area contributed by atoms with Gasteiger partial charge in [0.2, 0.25) is 10.0 Å². The molecule has 0 saturated heterocycles. The van der Waals surface area contributed by atoms with Crippen LogP contribution in [0.15, 0.2) is 29.3 Å². The molecule has 0 atom stereocenters. The van der Waals surface area contributed by atoms with E-state index in [9.17, 15) is 12.8 Å². The lowest BCUT2D eigenvalue weighted by Gasteiger charge is -2.11. The molecular formula is C15H26FIN4O2S. The summed E-state index contributed by atoms with van der Waals surface area (Å²) >= 11 is 0. The Morgan fingerprint density at radius 3 is 2.62 bits per heavy atom. The Labute approximate surface area is 160 Å². The number of nitrogens with one attached hydrogen (secondary N) is 3. The fraction of sp³-hybridized carbons (Fsp3) is 0.533. The third-order valence-corrected chi connectivity index (χ3v) is 3.64. The van der Waals surface area contributed by atoms with Gasteiger partial charge in [-0.3, -0.25) is 4.99 Å². The van der Waals surface area contributed by atoms with Crippen LogP contribution in [0.4, 0.5) is 4.39 Å². The first-order chi connectivity index (χ1) is 10.9. The highest BCUT2D eigenvalue weighted by molar-refractivity contribution is 14.0. The summed E-state index contributed by atoms with van der Waals surface area (Å²) in [5, 5.41) is 6.29. The van der Waals surface area contributed by atoms with Gasteiger partial charge in [0.05, 0.1) is 6.26 Å². The molecule has 9 heteroatoms. The van der Waals surface area contributed by atoms with Gasteiger partial charge in [-0.1, -0.05) is 12.1 Å². The predicted octanol–water partition coefficient (Wildman–Crippen LogP) is 1.48. The maximum Gasteiger partial charge on any atom is 0.208 e. The van der Waals surface area contributed by atoms with Crippen LogP contribution in [0.25, 0.3) is 0 Å². The highest BCUT2D eigenvalue weighted by atomic mass is 127. The SMILES string of the molecule is CCNC(=NCCCNS(C)(=O)=O)NCCc1cccc(F)c1.I. The number of hydrogen-bond acceptors (Lipinski definition) is 3. The van der Waals surface area contributed by atoms with Crippen LogP contribution < -0.4 is 15.4 Å². The summed E-state index contributed by atoms with van der Waals surface area (Å²) in [5.41, 5.74) is 0.922. The van der Waals surface area contributed by atoms with Crippen LogP contribution >= 0.6 is 24.0 Å². The highest BCUT2D eigenvalue weighted by Crippen LogP contribution is 2.03. The molecule has 6 nitrogen and oxygen atoms in total. The third-order valence-electron chi connectivity index (χ3n) is 2.91. The van der Waals surface area contributed by atoms with Crippen LogP contribution in [-0.2, 0) is 16.4 Å². The zero-order chi connectivity index (χ0) is 17.1. The van der Waals surface area contributed by atoms with Gasteiger partial charge in [-0.2, -0.15) is 0 Å². The minimum Gasteiger partial charge on any atom is -0.357 e. The molecule has 138 valence electrons. The Hall–Kier alpha value is -0.940. The van der Waals surface area contributed by atoms with Gasteiger partial charge in [0.15, 0.2) is 5.96 Å². The molecule has 0 aromatic heterocycles. The molecule has 3 N–H and O–H groups in total. The molecule has 0 aliphatic rings. The van der Waals surface area contributed by atoms with Crippen molar-refractivity contribution in [3.05, 3.63) is 35.6 Å². The van der Waals surface area contributed by atoms with Crippen LogP contribution in [0.2, 0.25) is 0 Å². The van der Waals surface area contributed by atoms with Crippen molar-refractivity contribution in [3.8, 4) is 0 Å². The average Bonchev–Trinajstić information content (AvgIpc) is 2.45. The quantitative estimate of drug-likeness (QED) is 0.220. The summed E-state index contributed by atoms with van der Waals surface area (Å²) in [6.07, 6.45) is 2.44. The molecule has 0 radical (unpaired) electrons. The number of rotatable bonds is 9. The summed E-state index contributed by atoms with van der Waals surface area (Å²) in [6, 6.07) is 6.51. The molecular weight excluding hydrogens is 446 g/mol. The van der Waals surface area contributed by atoms with E-state index < -0.39 is 10.0 Å². The lowest BCUT2D eigenvalue weighted by Crippen LogP contribution is -2.38. The minimum atomic E-state index is -3.14. The number of nitrogens with zero attached hydrogens (tertiary/aromatic N) is 1. The Balaban J connectivity index is 0.00000529. The van der Waals surface area contributed by atoms with Gasteiger partial charge in [0.25, 0.3) is 0 Å². The van der Waals surface area contributed by atoms with Crippen molar-refractivity contribution in [2.24, 2.45) is 4.99 Å². The van der Waals surface area contributed by atoms with E-state index in [1.165, 1.54) is 12.1 Å². The zero-order valence-electron chi connectivity index (χ0n) is 14.0. The average molecular weight is 472 g/mol. The molecule has 0 aliphatic heterocycles. The first-order valence-corrected chi connectivity index (χ1v) is 9.51. The second-order valence-electron chi connectivity index (χ2n) is 5.09. The van der Waals surface area contributed by atoms with E-state index in [1.807, 2.05) is 13.0 Å². The van der Waals surface area contributed by atoms with Crippen molar-refractivity contribution < 1.29 is 12.8 Å². The number of benzene rings is 1. The Morgan fingerprint density at radius 1 is 1.25 bits per heavy atom. The second kappa shape index (κ2) is 12.4. The van der Waals surface area contributed by atoms with Crippen LogP contribution in [0.3, 0.4) is 0 Å². The van der Waals surface area contributed by atoms with Crippen molar-refractivity contribution in [2.45, 2.75) is 19.8 Å². The van der Waals surface area contributed by atoms with Gasteiger partial charge < -0.3 is 10.6 Å². The molecule has 0 saturated carbocycles. The highest BCUT2D eigenvalue weighted by Gasteiger charge is 2.00. The summed E-state index contributed by atoms with van der Waals surface area (Å²) in [4.78, 5) is 4.37. The van der Waals surface area contributed by atoms with E-state index >= 15 is 0 Å².